The molecule has 2 aliphatic rings. The van der Waals surface area contributed by atoms with Gasteiger partial charge < -0.3 is 9.64 Å². The molecule has 1 unspecified atom stereocenters. The van der Waals surface area contributed by atoms with Crippen molar-refractivity contribution in [2.75, 3.05) is 49.5 Å². The number of esters is 1. The Morgan fingerprint density at radius 3 is 2.53 bits per heavy atom. The molecular weight excluding hydrogens is 631 g/mol. The van der Waals surface area contributed by atoms with Crippen LogP contribution in [0.15, 0.2) is 30.6 Å². The highest BCUT2D eigenvalue weighted by Gasteiger charge is 2.34. The normalized spacial score (nSPS) is 18.6. The fourth-order valence-corrected chi connectivity index (χ4v) is 6.78. The molecule has 2 saturated heterocycles. The van der Waals surface area contributed by atoms with Crippen LogP contribution in [0.4, 0.5) is 24.1 Å². The van der Waals surface area contributed by atoms with E-state index < -0.39 is 17.6 Å². The van der Waals surface area contributed by atoms with Crippen LogP contribution in [0.25, 0.3) is 11.3 Å². The van der Waals surface area contributed by atoms with Crippen LogP contribution in [0.1, 0.15) is 54.5 Å². The summed E-state index contributed by atoms with van der Waals surface area (Å²) in [6.45, 7) is 9.99. The number of nitrogens with one attached hydrogen (secondary N) is 1. The van der Waals surface area contributed by atoms with Crippen LogP contribution in [0.2, 0.25) is 5.02 Å². The zero-order valence-corrected chi connectivity index (χ0v) is 26.8. The molecule has 5 rings (SSSR count). The Morgan fingerprint density at radius 2 is 1.91 bits per heavy atom. The van der Waals surface area contributed by atoms with Gasteiger partial charge in [-0.25, -0.2) is 15.0 Å². The van der Waals surface area contributed by atoms with Crippen molar-refractivity contribution in [3.05, 3.63) is 51.7 Å². The Morgan fingerprint density at radius 1 is 1.16 bits per heavy atom. The Bertz CT molecular complexity index is 1510. The zero-order valence-electron chi connectivity index (χ0n) is 25.2. The van der Waals surface area contributed by atoms with Crippen LogP contribution in [-0.2, 0) is 22.3 Å². The molecule has 4 heterocycles. The van der Waals surface area contributed by atoms with E-state index in [4.69, 9.17) is 16.3 Å². The molecule has 0 radical (unpaired) electrons. The van der Waals surface area contributed by atoms with Crippen molar-refractivity contribution in [2.45, 2.75) is 58.4 Å². The molecule has 242 valence electrons. The van der Waals surface area contributed by atoms with E-state index >= 15 is 0 Å². The van der Waals surface area contributed by atoms with Gasteiger partial charge in [-0.15, -0.1) is 0 Å². The van der Waals surface area contributed by atoms with E-state index in [1.54, 1.807) is 6.92 Å². The van der Waals surface area contributed by atoms with E-state index in [-0.39, 0.29) is 33.4 Å². The lowest BCUT2D eigenvalue weighted by Gasteiger charge is -2.37. The lowest BCUT2D eigenvalue weighted by Crippen LogP contribution is -2.52. The second-order valence-electron chi connectivity index (χ2n) is 11.1. The number of amides is 1. The Hall–Kier alpha value is -3.33. The molecule has 15 heteroatoms. The lowest BCUT2D eigenvalue weighted by atomic mass is 10.1. The molecule has 2 aromatic heterocycles. The van der Waals surface area contributed by atoms with Crippen molar-refractivity contribution in [1.29, 1.82) is 0 Å². The van der Waals surface area contributed by atoms with Gasteiger partial charge in [0.25, 0.3) is 5.91 Å². The van der Waals surface area contributed by atoms with E-state index in [9.17, 15) is 22.8 Å². The minimum atomic E-state index is -4.62. The summed E-state index contributed by atoms with van der Waals surface area (Å²) in [5.74, 6) is -0.169. The minimum absolute atomic E-state index is 0.0747. The van der Waals surface area contributed by atoms with Gasteiger partial charge in [0.2, 0.25) is 0 Å². The van der Waals surface area contributed by atoms with Crippen molar-refractivity contribution in [1.82, 2.24) is 24.8 Å². The number of halogens is 4. The standard InChI is InChI=1S/C30H35ClF3N7O3S/c1-4-44-28(43)19(3)39-10-12-40(13-11-39)25-16-35-23(15-36-25)27(42)38-29-37-26(24(45-29)17-41-9-5-6-18(41)2)20-7-8-22(31)21(14-20)30(32,33)34/h7-8,14-16,18-19H,4-6,9-13,17H2,1-3H3,(H,37,38,42)/t18-,19?/m1/s1. The molecule has 1 amide bonds. The summed E-state index contributed by atoms with van der Waals surface area (Å²) in [5, 5.41) is 2.61. The molecule has 0 aliphatic carbocycles. The highest BCUT2D eigenvalue weighted by Crippen LogP contribution is 2.40. The number of alkyl halides is 3. The molecule has 45 heavy (non-hydrogen) atoms. The highest BCUT2D eigenvalue weighted by molar-refractivity contribution is 7.16. The minimum Gasteiger partial charge on any atom is -0.465 e. The van der Waals surface area contributed by atoms with Gasteiger partial charge in [-0.2, -0.15) is 13.2 Å². The van der Waals surface area contributed by atoms with E-state index in [2.05, 4.69) is 37.0 Å². The number of likely N-dealkylation sites (tertiary alicyclic amines) is 1. The molecule has 10 nitrogen and oxygen atoms in total. The van der Waals surface area contributed by atoms with E-state index in [0.717, 1.165) is 30.3 Å². The smallest absolute Gasteiger partial charge is 0.417 e. The van der Waals surface area contributed by atoms with Crippen molar-refractivity contribution < 1.29 is 27.5 Å². The summed E-state index contributed by atoms with van der Waals surface area (Å²) in [5.41, 5.74) is -0.225. The van der Waals surface area contributed by atoms with Gasteiger partial charge >= 0.3 is 12.1 Å². The number of hydrogen-bond acceptors (Lipinski definition) is 10. The summed E-state index contributed by atoms with van der Waals surface area (Å²) in [6, 6.07) is 3.73. The number of anilines is 2. The SMILES string of the molecule is CCOC(=O)C(C)N1CCN(c2cnc(C(=O)Nc3nc(-c4ccc(Cl)c(C(F)(F)F)c4)c(CN4CCC[C@H]4C)s3)cn2)CC1. The third-order valence-corrected chi connectivity index (χ3v) is 9.47. The third-order valence-electron chi connectivity index (χ3n) is 8.18. The molecule has 2 aliphatic heterocycles. The quantitative estimate of drug-likeness (QED) is 0.293. The average Bonchev–Trinajstić information content (AvgIpc) is 3.61. The zero-order chi connectivity index (χ0) is 32.3. The van der Waals surface area contributed by atoms with Gasteiger partial charge in [0, 0.05) is 49.2 Å². The van der Waals surface area contributed by atoms with E-state index in [0.29, 0.717) is 56.9 Å². The maximum Gasteiger partial charge on any atom is 0.417 e. The van der Waals surface area contributed by atoms with Gasteiger partial charge in [-0.1, -0.05) is 29.0 Å². The van der Waals surface area contributed by atoms with Crippen LogP contribution in [0.5, 0.6) is 0 Å². The predicted molar refractivity (Wildman–Crippen MR) is 167 cm³/mol. The van der Waals surface area contributed by atoms with E-state index in [1.807, 2.05) is 11.8 Å². The number of ether oxygens (including phenoxy) is 1. The first-order chi connectivity index (χ1) is 21.4. The maximum absolute atomic E-state index is 13.6. The number of piperazine rings is 1. The summed E-state index contributed by atoms with van der Waals surface area (Å²) in [4.78, 5) is 45.6. The molecule has 0 bridgehead atoms. The predicted octanol–water partition coefficient (Wildman–Crippen LogP) is 5.58. The molecule has 3 aromatic rings. The first-order valence-electron chi connectivity index (χ1n) is 14.8. The van der Waals surface area contributed by atoms with Gasteiger partial charge in [0.1, 0.15) is 17.6 Å². The molecule has 2 fully saturated rings. The second kappa shape index (κ2) is 14.0. The Labute approximate surface area is 268 Å². The summed E-state index contributed by atoms with van der Waals surface area (Å²) >= 11 is 7.09. The number of benzene rings is 1. The van der Waals surface area contributed by atoms with Gasteiger partial charge in [0.15, 0.2) is 5.13 Å². The fourth-order valence-electron chi connectivity index (χ4n) is 5.55. The highest BCUT2D eigenvalue weighted by atomic mass is 35.5. The number of carbonyl (C=O) groups is 2. The van der Waals surface area contributed by atoms with Crippen molar-refractivity contribution >= 4 is 45.8 Å². The fraction of sp³-hybridized carbons (Fsp3) is 0.500. The van der Waals surface area contributed by atoms with Crippen molar-refractivity contribution in [3.63, 3.8) is 0 Å². The number of nitrogens with zero attached hydrogens (tertiary/aromatic N) is 6. The topological polar surface area (TPSA) is 104 Å². The summed E-state index contributed by atoms with van der Waals surface area (Å²) < 4.78 is 46.0. The lowest BCUT2D eigenvalue weighted by molar-refractivity contribution is -0.149. The first-order valence-corrected chi connectivity index (χ1v) is 16.0. The van der Waals surface area contributed by atoms with Gasteiger partial charge in [-0.05, 0) is 52.3 Å². The summed E-state index contributed by atoms with van der Waals surface area (Å²) in [7, 11) is 0. The molecule has 2 atom stereocenters. The van der Waals surface area contributed by atoms with Crippen LogP contribution >= 0.6 is 22.9 Å². The number of carbonyl (C=O) groups excluding carboxylic acids is 2. The maximum atomic E-state index is 13.6. The monoisotopic (exact) mass is 665 g/mol. The largest absolute Gasteiger partial charge is 0.465 e. The Kier molecular flexibility index (Phi) is 10.3. The van der Waals surface area contributed by atoms with Crippen LogP contribution in [0, 0.1) is 0 Å². The number of thiazole rings is 1. The third kappa shape index (κ3) is 7.74. The number of aromatic nitrogens is 3. The van der Waals surface area contributed by atoms with Gasteiger partial charge in [0.05, 0.1) is 35.3 Å². The summed E-state index contributed by atoms with van der Waals surface area (Å²) in [6.07, 6.45) is 0.361. The van der Waals surface area contributed by atoms with Crippen LogP contribution in [0.3, 0.4) is 0 Å². The molecule has 0 saturated carbocycles. The van der Waals surface area contributed by atoms with Crippen molar-refractivity contribution in [3.8, 4) is 11.3 Å². The van der Waals surface area contributed by atoms with Crippen LogP contribution < -0.4 is 10.2 Å². The average molecular weight is 666 g/mol. The second-order valence-corrected chi connectivity index (χ2v) is 12.6. The Balaban J connectivity index is 1.29. The number of rotatable bonds is 9. The first kappa shape index (κ1) is 33.0. The van der Waals surface area contributed by atoms with Gasteiger partial charge in [-0.3, -0.25) is 24.7 Å². The molecule has 1 aromatic carbocycles. The van der Waals surface area contributed by atoms with Crippen LogP contribution in [-0.4, -0.2) is 88.0 Å². The van der Waals surface area contributed by atoms with E-state index in [1.165, 1.54) is 35.9 Å². The molecule has 0 spiro atoms. The van der Waals surface area contributed by atoms with Crippen molar-refractivity contribution in [2.24, 2.45) is 0 Å². The molecule has 1 N–H and O–H groups in total. The molecular formula is C30H35ClF3N7O3S. The number of hydrogen-bond donors (Lipinski definition) is 1.